The second-order valence-corrected chi connectivity index (χ2v) is 8.32. The molecule has 1 aromatic heterocycles. The van der Waals surface area contributed by atoms with Crippen LogP contribution in [0.5, 0.6) is 11.5 Å². The second kappa shape index (κ2) is 10.8. The lowest BCUT2D eigenvalue weighted by Gasteiger charge is -2.09. The summed E-state index contributed by atoms with van der Waals surface area (Å²) in [7, 11) is 3.13. The Balaban J connectivity index is 1.64. The van der Waals surface area contributed by atoms with Gasteiger partial charge in [0.2, 0.25) is 11.8 Å². The van der Waals surface area contributed by atoms with Crippen LogP contribution in [-0.2, 0) is 11.2 Å². The van der Waals surface area contributed by atoms with Crippen LogP contribution in [-0.4, -0.2) is 47.9 Å². The first-order valence-electron chi connectivity index (χ1n) is 10.0. The number of hydrogen-bond acceptors (Lipinski definition) is 8. The number of nitrogens with one attached hydrogen (secondary N) is 1. The van der Waals surface area contributed by atoms with Crippen LogP contribution < -0.4 is 14.8 Å². The van der Waals surface area contributed by atoms with E-state index in [1.54, 1.807) is 51.5 Å². The largest absolute Gasteiger partial charge is 0.497 e. The van der Waals surface area contributed by atoms with E-state index < -0.39 is 5.25 Å². The molecule has 1 atom stereocenters. The average molecular weight is 456 g/mol. The number of methoxy groups -OCH3 is 2. The lowest BCUT2D eigenvalue weighted by atomic mass is 10.0. The fourth-order valence-electron chi connectivity index (χ4n) is 2.96. The van der Waals surface area contributed by atoms with Gasteiger partial charge in [0.05, 0.1) is 19.5 Å². The predicted molar refractivity (Wildman–Crippen MR) is 121 cm³/mol. The van der Waals surface area contributed by atoms with Crippen LogP contribution in [0, 0.1) is 0 Å². The molecule has 0 aliphatic rings. The van der Waals surface area contributed by atoms with Crippen molar-refractivity contribution in [2.75, 3.05) is 20.8 Å². The Labute approximate surface area is 190 Å². The highest BCUT2D eigenvalue weighted by Gasteiger charge is 2.20. The Hall–Kier alpha value is -3.33. The van der Waals surface area contributed by atoms with E-state index in [1.165, 1.54) is 18.7 Å². The van der Waals surface area contributed by atoms with Crippen molar-refractivity contribution in [3.63, 3.8) is 0 Å². The zero-order chi connectivity index (χ0) is 23.1. The van der Waals surface area contributed by atoms with Crippen LogP contribution in [0.2, 0.25) is 0 Å². The van der Waals surface area contributed by atoms with Gasteiger partial charge in [-0.25, -0.2) is 0 Å². The van der Waals surface area contributed by atoms with Gasteiger partial charge in [-0.1, -0.05) is 36.0 Å². The predicted octanol–water partition coefficient (Wildman–Crippen LogP) is 3.80. The van der Waals surface area contributed by atoms with Gasteiger partial charge in [-0.05, 0) is 31.0 Å². The standard InChI is InChI=1S/C23H25N3O5S/c1-14(21(28)17-7-5-16(6-8-17)9-10-24-15(2)27)32-23-26-25-22(31-23)18-11-19(29-3)13-20(12-18)30-4/h5-8,11-14H,9-10H2,1-4H3,(H,24,27). The van der Waals surface area contributed by atoms with Gasteiger partial charge in [0.15, 0.2) is 5.78 Å². The molecular weight excluding hydrogens is 430 g/mol. The van der Waals surface area contributed by atoms with E-state index in [0.717, 1.165) is 5.56 Å². The van der Waals surface area contributed by atoms with Crippen LogP contribution in [0.15, 0.2) is 52.1 Å². The molecule has 8 nitrogen and oxygen atoms in total. The first-order valence-corrected chi connectivity index (χ1v) is 10.9. The summed E-state index contributed by atoms with van der Waals surface area (Å²) < 4.78 is 16.3. The van der Waals surface area contributed by atoms with Crippen LogP contribution in [0.3, 0.4) is 0 Å². The second-order valence-electron chi connectivity index (χ2n) is 7.03. The van der Waals surface area contributed by atoms with E-state index in [4.69, 9.17) is 13.9 Å². The zero-order valence-electron chi connectivity index (χ0n) is 18.4. The SMILES string of the molecule is COc1cc(OC)cc(-c2nnc(SC(C)C(=O)c3ccc(CCNC(C)=O)cc3)o2)c1. The number of carbonyl (C=O) groups excluding carboxylic acids is 2. The van der Waals surface area contributed by atoms with E-state index in [9.17, 15) is 9.59 Å². The number of nitrogens with zero attached hydrogens (tertiary/aromatic N) is 2. The third kappa shape index (κ3) is 6.10. The Morgan fingerprint density at radius 2 is 1.72 bits per heavy atom. The molecule has 1 N–H and O–H groups in total. The van der Waals surface area contributed by atoms with Crippen LogP contribution in [0.1, 0.15) is 29.8 Å². The molecule has 0 bridgehead atoms. The summed E-state index contributed by atoms with van der Waals surface area (Å²) >= 11 is 1.20. The molecule has 1 unspecified atom stereocenters. The molecule has 1 heterocycles. The minimum atomic E-state index is -0.409. The molecule has 0 saturated heterocycles. The molecule has 1 amide bonds. The summed E-state index contributed by atoms with van der Waals surface area (Å²) in [6, 6.07) is 12.7. The molecular formula is C23H25N3O5S. The summed E-state index contributed by atoms with van der Waals surface area (Å²) in [5.74, 6) is 1.43. The van der Waals surface area contributed by atoms with Crippen LogP contribution >= 0.6 is 11.8 Å². The van der Waals surface area contributed by atoms with Crippen LogP contribution in [0.4, 0.5) is 0 Å². The van der Waals surface area contributed by atoms with E-state index in [0.29, 0.717) is 46.7 Å². The van der Waals surface area contributed by atoms with Crippen molar-refractivity contribution < 1.29 is 23.5 Å². The fraction of sp³-hybridized carbons (Fsp3) is 0.304. The maximum Gasteiger partial charge on any atom is 0.277 e. The van der Waals surface area contributed by atoms with Gasteiger partial charge in [0, 0.05) is 30.7 Å². The van der Waals surface area contributed by atoms with Crippen molar-refractivity contribution in [3.8, 4) is 23.0 Å². The minimum Gasteiger partial charge on any atom is -0.497 e. The molecule has 3 aromatic rings. The number of aromatic nitrogens is 2. The number of amides is 1. The maximum atomic E-state index is 12.8. The first kappa shape index (κ1) is 23.3. The summed E-state index contributed by atoms with van der Waals surface area (Å²) in [4.78, 5) is 23.8. The van der Waals surface area contributed by atoms with Gasteiger partial charge in [-0.3, -0.25) is 9.59 Å². The highest BCUT2D eigenvalue weighted by atomic mass is 32.2. The highest BCUT2D eigenvalue weighted by Crippen LogP contribution is 2.32. The summed E-state index contributed by atoms with van der Waals surface area (Å²) in [6.07, 6.45) is 0.707. The smallest absolute Gasteiger partial charge is 0.277 e. The molecule has 0 spiro atoms. The fourth-order valence-corrected chi connectivity index (χ4v) is 3.72. The molecule has 3 rings (SSSR count). The van der Waals surface area contributed by atoms with E-state index in [2.05, 4.69) is 15.5 Å². The highest BCUT2D eigenvalue weighted by molar-refractivity contribution is 8.00. The molecule has 0 saturated carbocycles. The number of thioether (sulfide) groups is 1. The van der Waals surface area contributed by atoms with Gasteiger partial charge in [-0.15, -0.1) is 10.2 Å². The van der Waals surface area contributed by atoms with Crippen molar-refractivity contribution in [2.45, 2.75) is 30.7 Å². The maximum absolute atomic E-state index is 12.8. The molecule has 0 aliphatic heterocycles. The van der Waals surface area contributed by atoms with E-state index in [1.807, 2.05) is 12.1 Å². The van der Waals surface area contributed by atoms with Gasteiger partial charge in [0.1, 0.15) is 11.5 Å². The third-order valence-corrected chi connectivity index (χ3v) is 5.61. The quantitative estimate of drug-likeness (QED) is 0.364. The van der Waals surface area contributed by atoms with Gasteiger partial charge < -0.3 is 19.2 Å². The Morgan fingerprint density at radius 3 is 2.31 bits per heavy atom. The molecule has 9 heteroatoms. The number of benzene rings is 2. The Kier molecular flexibility index (Phi) is 7.88. The number of carbonyl (C=O) groups is 2. The monoisotopic (exact) mass is 455 g/mol. The normalized spacial score (nSPS) is 11.6. The number of ether oxygens (including phenoxy) is 2. The molecule has 0 fully saturated rings. The molecule has 2 aromatic carbocycles. The Bertz CT molecular complexity index is 1060. The first-order chi connectivity index (χ1) is 15.4. The summed E-state index contributed by atoms with van der Waals surface area (Å²) in [5, 5.41) is 10.8. The number of Topliss-reactive ketones (excluding diaryl/α,β-unsaturated/α-hetero) is 1. The number of hydrogen-bond donors (Lipinski definition) is 1. The van der Waals surface area contributed by atoms with Crippen molar-refractivity contribution >= 4 is 23.5 Å². The van der Waals surface area contributed by atoms with Gasteiger partial charge in [0.25, 0.3) is 5.22 Å². The lowest BCUT2D eigenvalue weighted by Crippen LogP contribution is -2.22. The van der Waals surface area contributed by atoms with Gasteiger partial charge >= 0.3 is 0 Å². The van der Waals surface area contributed by atoms with Crippen molar-refractivity contribution in [3.05, 3.63) is 53.6 Å². The van der Waals surface area contributed by atoms with Crippen molar-refractivity contribution in [2.24, 2.45) is 0 Å². The number of ketones is 1. The molecule has 168 valence electrons. The van der Waals surface area contributed by atoms with Crippen molar-refractivity contribution in [1.29, 1.82) is 0 Å². The minimum absolute atomic E-state index is 0.0359. The molecule has 32 heavy (non-hydrogen) atoms. The summed E-state index contributed by atoms with van der Waals surface area (Å²) in [6.45, 7) is 3.85. The van der Waals surface area contributed by atoms with Crippen molar-refractivity contribution in [1.82, 2.24) is 15.5 Å². The lowest BCUT2D eigenvalue weighted by molar-refractivity contribution is -0.118. The molecule has 0 aliphatic carbocycles. The summed E-state index contributed by atoms with van der Waals surface area (Å²) in [5.41, 5.74) is 2.31. The van der Waals surface area contributed by atoms with Crippen LogP contribution in [0.25, 0.3) is 11.5 Å². The van der Waals surface area contributed by atoms with Gasteiger partial charge in [-0.2, -0.15) is 0 Å². The molecule has 0 radical (unpaired) electrons. The average Bonchev–Trinajstić information content (AvgIpc) is 3.27. The van der Waals surface area contributed by atoms with E-state index >= 15 is 0 Å². The number of rotatable bonds is 10. The zero-order valence-corrected chi connectivity index (χ0v) is 19.2. The van der Waals surface area contributed by atoms with E-state index in [-0.39, 0.29) is 11.7 Å². The Morgan fingerprint density at radius 1 is 1.06 bits per heavy atom. The third-order valence-electron chi connectivity index (χ3n) is 4.68. The topological polar surface area (TPSA) is 104 Å².